The van der Waals surface area contributed by atoms with Crippen molar-refractivity contribution in [3.8, 4) is 0 Å². The first kappa shape index (κ1) is 12.0. The maximum absolute atomic E-state index is 5.70. The summed E-state index contributed by atoms with van der Waals surface area (Å²) >= 11 is 7.42. The fourth-order valence-electron chi connectivity index (χ4n) is 1.23. The summed E-state index contributed by atoms with van der Waals surface area (Å²) in [4.78, 5) is 0. The van der Waals surface area contributed by atoms with Crippen LogP contribution in [0.25, 0.3) is 0 Å². The van der Waals surface area contributed by atoms with Gasteiger partial charge < -0.3 is 10.1 Å². The van der Waals surface area contributed by atoms with Crippen LogP contribution in [0.3, 0.4) is 0 Å². The first-order valence-electron chi connectivity index (χ1n) is 4.66. The third kappa shape index (κ3) is 4.42. The molecule has 0 saturated heterocycles. The minimum atomic E-state index is 0.359. The number of hydrogen-bond donors (Lipinski definition) is 1. The van der Waals surface area contributed by atoms with Crippen LogP contribution >= 0.6 is 22.9 Å². The number of ether oxygens (including phenoxy) is 1. The first-order valence-corrected chi connectivity index (χ1v) is 6.14. The second-order valence-corrected chi connectivity index (χ2v) is 4.30. The molecule has 1 heterocycles. The van der Waals surface area contributed by atoms with E-state index in [1.807, 2.05) is 0 Å². The average molecular weight is 234 g/mol. The molecule has 1 aromatic heterocycles. The Labute approximate surface area is 94.2 Å². The minimum absolute atomic E-state index is 0.359. The summed E-state index contributed by atoms with van der Waals surface area (Å²) < 4.78 is 5.11. The van der Waals surface area contributed by atoms with Crippen molar-refractivity contribution in [1.82, 2.24) is 5.32 Å². The van der Waals surface area contributed by atoms with Crippen molar-refractivity contribution in [3.05, 3.63) is 22.4 Å². The van der Waals surface area contributed by atoms with E-state index >= 15 is 0 Å². The Hall–Kier alpha value is -0.0900. The summed E-state index contributed by atoms with van der Waals surface area (Å²) in [6.07, 6.45) is 0.944. The van der Waals surface area contributed by atoms with Gasteiger partial charge in [0.05, 0.1) is 6.61 Å². The molecule has 0 spiro atoms. The predicted octanol–water partition coefficient (Wildman–Crippen LogP) is 2.48. The van der Waals surface area contributed by atoms with E-state index in [9.17, 15) is 0 Å². The smallest absolute Gasteiger partial charge is 0.0616 e. The van der Waals surface area contributed by atoms with E-state index in [2.05, 4.69) is 22.1 Å². The van der Waals surface area contributed by atoms with Crippen molar-refractivity contribution in [2.75, 3.05) is 19.6 Å². The molecule has 0 bridgehead atoms. The molecule has 0 aliphatic rings. The molecule has 1 aromatic rings. The van der Waals surface area contributed by atoms with Gasteiger partial charge in [-0.1, -0.05) is 0 Å². The molecule has 0 aliphatic carbocycles. The zero-order valence-corrected chi connectivity index (χ0v) is 9.90. The van der Waals surface area contributed by atoms with Crippen LogP contribution in [0.15, 0.2) is 16.8 Å². The van der Waals surface area contributed by atoms with Gasteiger partial charge in [0, 0.05) is 25.6 Å². The Bertz CT molecular complexity index is 222. The maximum atomic E-state index is 5.70. The van der Waals surface area contributed by atoms with E-state index in [0.717, 1.165) is 19.6 Å². The molecule has 1 unspecified atom stereocenters. The maximum Gasteiger partial charge on any atom is 0.0616 e. The Morgan fingerprint density at radius 2 is 2.50 bits per heavy atom. The van der Waals surface area contributed by atoms with E-state index < -0.39 is 0 Å². The lowest BCUT2D eigenvalue weighted by atomic mass is 10.2. The third-order valence-electron chi connectivity index (χ3n) is 2.00. The van der Waals surface area contributed by atoms with Crippen LogP contribution in [0.5, 0.6) is 0 Å². The van der Waals surface area contributed by atoms with Crippen molar-refractivity contribution < 1.29 is 4.74 Å². The molecule has 0 amide bonds. The molecule has 80 valence electrons. The largest absolute Gasteiger partial charge is 0.383 e. The molecule has 2 nitrogen and oxygen atoms in total. The highest BCUT2D eigenvalue weighted by Gasteiger charge is 2.06. The Morgan fingerprint density at radius 3 is 3.07 bits per heavy atom. The lowest BCUT2D eigenvalue weighted by molar-refractivity contribution is 0.164. The number of rotatable bonds is 7. The highest BCUT2D eigenvalue weighted by atomic mass is 35.5. The second kappa shape index (κ2) is 7.23. The van der Waals surface area contributed by atoms with E-state index in [4.69, 9.17) is 16.3 Å². The summed E-state index contributed by atoms with van der Waals surface area (Å²) in [5.41, 5.74) is 1.32. The van der Waals surface area contributed by atoms with Gasteiger partial charge >= 0.3 is 0 Å². The molecule has 0 fully saturated rings. The normalized spacial score (nSPS) is 13.0. The Kier molecular flexibility index (Phi) is 6.19. The van der Waals surface area contributed by atoms with Crippen molar-refractivity contribution in [2.24, 2.45) is 0 Å². The van der Waals surface area contributed by atoms with Crippen molar-refractivity contribution in [2.45, 2.75) is 19.0 Å². The molecule has 0 radical (unpaired) electrons. The highest BCUT2D eigenvalue weighted by molar-refractivity contribution is 7.07. The van der Waals surface area contributed by atoms with Gasteiger partial charge in [0.15, 0.2) is 0 Å². The molecule has 0 aromatic carbocycles. The number of alkyl halides is 1. The second-order valence-electron chi connectivity index (χ2n) is 3.14. The molecule has 1 atom stereocenters. The van der Waals surface area contributed by atoms with E-state index in [-0.39, 0.29) is 0 Å². The lowest BCUT2D eigenvalue weighted by Gasteiger charge is -2.15. The van der Waals surface area contributed by atoms with E-state index in [0.29, 0.717) is 11.9 Å². The van der Waals surface area contributed by atoms with Crippen molar-refractivity contribution in [3.63, 3.8) is 0 Å². The summed E-state index contributed by atoms with van der Waals surface area (Å²) in [5.74, 6) is 0.671. The summed E-state index contributed by atoms with van der Waals surface area (Å²) in [7, 11) is 1.72. The summed E-state index contributed by atoms with van der Waals surface area (Å²) in [5, 5.41) is 7.66. The number of thiophene rings is 1. The molecular weight excluding hydrogens is 218 g/mol. The van der Waals surface area contributed by atoms with E-state index in [1.54, 1.807) is 18.4 Å². The van der Waals surface area contributed by atoms with Gasteiger partial charge in [0.25, 0.3) is 0 Å². The molecule has 0 saturated carbocycles. The summed E-state index contributed by atoms with van der Waals surface area (Å²) in [6, 6.07) is 2.49. The average Bonchev–Trinajstić information content (AvgIpc) is 2.67. The Balaban J connectivity index is 2.25. The van der Waals surface area contributed by atoms with Crippen LogP contribution in [0.2, 0.25) is 0 Å². The molecule has 1 rings (SSSR count). The van der Waals surface area contributed by atoms with Gasteiger partial charge in [-0.3, -0.25) is 0 Å². The SMILES string of the molecule is COCC(CCCl)NCc1ccsc1. The van der Waals surface area contributed by atoms with Gasteiger partial charge in [-0.15, -0.1) is 11.6 Å². The van der Waals surface area contributed by atoms with E-state index in [1.165, 1.54) is 5.56 Å². The number of methoxy groups -OCH3 is 1. The monoisotopic (exact) mass is 233 g/mol. The zero-order chi connectivity index (χ0) is 10.2. The first-order chi connectivity index (χ1) is 6.86. The lowest BCUT2D eigenvalue weighted by Crippen LogP contribution is -2.33. The van der Waals surface area contributed by atoms with Crippen LogP contribution in [0, 0.1) is 0 Å². The van der Waals surface area contributed by atoms with Crippen LogP contribution < -0.4 is 5.32 Å². The number of halogens is 1. The highest BCUT2D eigenvalue weighted by Crippen LogP contribution is 2.06. The molecule has 14 heavy (non-hydrogen) atoms. The fourth-order valence-corrected chi connectivity index (χ4v) is 2.16. The van der Waals surface area contributed by atoms with Gasteiger partial charge in [-0.25, -0.2) is 0 Å². The van der Waals surface area contributed by atoms with Crippen LogP contribution in [-0.4, -0.2) is 25.6 Å². The van der Waals surface area contributed by atoms with Crippen LogP contribution in [0.1, 0.15) is 12.0 Å². The quantitative estimate of drug-likeness (QED) is 0.731. The molecule has 0 aliphatic heterocycles. The fraction of sp³-hybridized carbons (Fsp3) is 0.600. The standard InChI is InChI=1S/C10H16ClNOS/c1-13-7-10(2-4-11)12-6-9-3-5-14-8-9/h3,5,8,10,12H,2,4,6-7H2,1H3. The minimum Gasteiger partial charge on any atom is -0.383 e. The predicted molar refractivity (Wildman–Crippen MR) is 62.2 cm³/mol. The van der Waals surface area contributed by atoms with Gasteiger partial charge in [-0.2, -0.15) is 11.3 Å². The zero-order valence-electron chi connectivity index (χ0n) is 8.33. The topological polar surface area (TPSA) is 21.3 Å². The Morgan fingerprint density at radius 1 is 1.64 bits per heavy atom. The van der Waals surface area contributed by atoms with Crippen molar-refractivity contribution >= 4 is 22.9 Å². The van der Waals surface area contributed by atoms with Gasteiger partial charge in [-0.05, 0) is 28.8 Å². The van der Waals surface area contributed by atoms with Crippen LogP contribution in [-0.2, 0) is 11.3 Å². The van der Waals surface area contributed by atoms with Crippen molar-refractivity contribution in [1.29, 1.82) is 0 Å². The van der Waals surface area contributed by atoms with Gasteiger partial charge in [0.1, 0.15) is 0 Å². The molecular formula is C10H16ClNOS. The molecule has 4 heteroatoms. The number of nitrogens with one attached hydrogen (secondary N) is 1. The van der Waals surface area contributed by atoms with Gasteiger partial charge in [0.2, 0.25) is 0 Å². The summed E-state index contributed by atoms with van der Waals surface area (Å²) in [6.45, 7) is 1.62. The van der Waals surface area contributed by atoms with Crippen LogP contribution in [0.4, 0.5) is 0 Å². The number of hydrogen-bond acceptors (Lipinski definition) is 3. The molecule has 1 N–H and O–H groups in total. The third-order valence-corrected chi connectivity index (χ3v) is 2.95.